The van der Waals surface area contributed by atoms with Gasteiger partial charge < -0.3 is 46.8 Å². The van der Waals surface area contributed by atoms with E-state index in [1.54, 1.807) is 0 Å². The zero-order valence-electron chi connectivity index (χ0n) is 57.1. The van der Waals surface area contributed by atoms with Crippen LogP contribution < -0.4 is 210 Å². The van der Waals surface area contributed by atoms with E-state index in [4.69, 9.17) is 23.2 Å². The van der Waals surface area contributed by atoms with Crippen LogP contribution in [-0.2, 0) is 89.4 Å². The molecular formula is C54H34Cl2N18Na6O24S6. The van der Waals surface area contributed by atoms with Crippen LogP contribution in [0.25, 0.3) is 12.2 Å². The van der Waals surface area contributed by atoms with E-state index in [1.807, 2.05) is 0 Å². The summed E-state index contributed by atoms with van der Waals surface area (Å²) in [4.78, 5) is 82.1. The average molecular weight is 1720 g/mol. The van der Waals surface area contributed by atoms with E-state index in [2.05, 4.69) is 90.0 Å². The molecule has 2 atom stereocenters. The maximum Gasteiger partial charge on any atom is 1.00 e. The Bertz CT molecular complexity index is 5850. The van der Waals surface area contributed by atoms with Crippen molar-refractivity contribution < 1.29 is 284 Å². The first-order valence-electron chi connectivity index (χ1n) is 27.6. The first-order chi connectivity index (χ1) is 48.6. The van der Waals surface area contributed by atoms with E-state index in [-0.39, 0.29) is 234 Å². The molecule has 4 N–H and O–H groups in total. The summed E-state index contributed by atoms with van der Waals surface area (Å²) < 4.78 is 229. The van der Waals surface area contributed by atoms with Gasteiger partial charge in [0.05, 0.1) is 77.7 Å². The van der Waals surface area contributed by atoms with Crippen LogP contribution in [-0.4, -0.2) is 169 Å². The number of anilines is 2. The molecule has 2 aromatic heterocycles. The van der Waals surface area contributed by atoms with Crippen LogP contribution >= 0.6 is 23.2 Å². The van der Waals surface area contributed by atoms with Crippen LogP contribution in [0.15, 0.2) is 201 Å². The summed E-state index contributed by atoms with van der Waals surface area (Å²) in [6.07, 6.45) is 1.92. The Kier molecular flexibility index (Phi) is 34.8. The summed E-state index contributed by atoms with van der Waals surface area (Å²) in [7, 11) is -29.6. The zero-order valence-corrected chi connectivity index (χ0v) is 75.5. The van der Waals surface area contributed by atoms with E-state index < -0.39 is 171 Å². The SMILES string of the molecule is COC(=O)C1=NN(c2ccc(S(=O)(=O)[O-])cc2)C(=O)C1N=Nc1cc(N=c2nc(Cl)[nH]c(=Nc3ccc(/C=C/c4ccc(N=c5[nH]c(Cl)nc(=Nc6ccc(S(=O)(=O)[O-])c(N=NC7C(=O)N(c8ccc(S(=O)(=O)[O-])cc8)N=C7C(=O)OC)c6)[nH]5)cc4S(=O)(=O)[O-])c(S(=O)(=O)[O-])c3)[nH]2)ccc1S(=O)(=O)[O-].[Na+].[Na+].[Na+].[Na+].[Na+].[Na+]. The quantitative estimate of drug-likeness (QED) is 0.0181. The van der Waals surface area contributed by atoms with Gasteiger partial charge in [0.2, 0.25) is 45.1 Å². The summed E-state index contributed by atoms with van der Waals surface area (Å²) in [6.45, 7) is 0. The number of aromatic nitrogens is 6. The smallest absolute Gasteiger partial charge is 0.744 e. The van der Waals surface area contributed by atoms with Crippen molar-refractivity contribution in [3.63, 3.8) is 0 Å². The second kappa shape index (κ2) is 39.4. The van der Waals surface area contributed by atoms with Gasteiger partial charge in [0.1, 0.15) is 72.1 Å². The van der Waals surface area contributed by atoms with E-state index in [1.165, 1.54) is 0 Å². The number of benzene rings is 6. The Morgan fingerprint density at radius 3 is 1.04 bits per heavy atom. The largest absolute Gasteiger partial charge is 1.00 e. The molecule has 0 bridgehead atoms. The third-order valence-electron chi connectivity index (χ3n) is 13.6. The van der Waals surface area contributed by atoms with Gasteiger partial charge in [-0.3, -0.25) is 19.6 Å². The molecular weight excluding hydrogens is 1690 g/mol. The van der Waals surface area contributed by atoms with Gasteiger partial charge in [-0.1, -0.05) is 24.3 Å². The van der Waals surface area contributed by atoms with Crippen molar-refractivity contribution in [2.45, 2.75) is 41.5 Å². The average Bonchev–Trinajstić information content (AvgIpc) is 1.52. The van der Waals surface area contributed by atoms with Crippen molar-refractivity contribution >= 4 is 177 Å². The molecule has 2 amide bonds. The van der Waals surface area contributed by atoms with E-state index in [0.717, 1.165) is 148 Å². The van der Waals surface area contributed by atoms with Crippen molar-refractivity contribution in [3.8, 4) is 0 Å². The molecule has 0 spiro atoms. The number of aromatic amines is 4. The van der Waals surface area contributed by atoms with Crippen LogP contribution in [0, 0.1) is 0 Å². The fourth-order valence-corrected chi connectivity index (χ4v) is 12.9. The number of hydrazone groups is 2. The van der Waals surface area contributed by atoms with Gasteiger partial charge in [0.25, 0.3) is 11.8 Å². The summed E-state index contributed by atoms with van der Waals surface area (Å²) >= 11 is 12.5. The topological polar surface area (TPSA) is 649 Å². The van der Waals surface area contributed by atoms with Crippen molar-refractivity contribution in [2.24, 2.45) is 50.6 Å². The normalized spacial score (nSPS) is 15.5. The predicted molar refractivity (Wildman–Crippen MR) is 343 cm³/mol. The number of methoxy groups -OCH3 is 2. The minimum Gasteiger partial charge on any atom is -0.744 e. The summed E-state index contributed by atoms with van der Waals surface area (Å²) in [6, 6.07) is 14.7. The second-order valence-electron chi connectivity index (χ2n) is 20.4. The van der Waals surface area contributed by atoms with Gasteiger partial charge in [0, 0.05) is 0 Å². The zero-order chi connectivity index (χ0) is 75.8. The molecule has 2 unspecified atom stereocenters. The fraction of sp³-hybridized carbons (Fsp3) is 0.0741. The molecule has 42 nitrogen and oxygen atoms in total. The molecule has 56 heteroatoms. The number of nitrogens with one attached hydrogen (secondary N) is 4. The summed E-state index contributed by atoms with van der Waals surface area (Å²) in [5.74, 6) is -4.69. The Morgan fingerprint density at radius 2 is 0.736 bits per heavy atom. The number of halogens is 2. The molecule has 6 aromatic carbocycles. The molecule has 0 radical (unpaired) electrons. The van der Waals surface area contributed by atoms with Crippen molar-refractivity contribution in [3.05, 3.63) is 165 Å². The minimum atomic E-state index is -5.43. The number of carbonyl (C=O) groups is 4. The van der Waals surface area contributed by atoms with E-state index >= 15 is 0 Å². The molecule has 0 saturated heterocycles. The van der Waals surface area contributed by atoms with Gasteiger partial charge >= 0.3 is 189 Å². The number of azo groups is 2. The van der Waals surface area contributed by atoms with Crippen LogP contribution in [0.1, 0.15) is 11.1 Å². The van der Waals surface area contributed by atoms with E-state index in [9.17, 15) is 97.0 Å². The fourth-order valence-electron chi connectivity index (χ4n) is 9.02. The second-order valence-corrected chi connectivity index (χ2v) is 29.2. The van der Waals surface area contributed by atoms with Gasteiger partial charge in [-0.15, -0.1) is 0 Å². The van der Waals surface area contributed by atoms with Gasteiger partial charge in [0.15, 0.2) is 11.4 Å². The number of amides is 2. The van der Waals surface area contributed by atoms with Gasteiger partial charge in [-0.25, -0.2) is 80.1 Å². The number of esters is 2. The standard InChI is InChI=1S/C54H40Cl2N18O24S6.6Na/c1-97-47(77)43-41(45(75)73(71-43)31-11-15-33(16-12-31)99(79,80)81)69-67-35-21-27(9-19-37(35)101(85,86)87)57-51-61-49(55)63-53(65-51)59-29-7-5-25(39(23-29)103(91,92)93)3-4-26-6-8-30(24-40(26)104(94,95)96)60-54-64-50(56)62-52(66-54)58-28-10-20-38(102(88,89)90)36(22-28)68-70-42-44(48(78)98-2)72-74(46(42)76)32-13-17-34(18-14-32)100(82,83)84;;;;;;/h3-24,41-42H,1-2H3,(H,79,80,81)(H,82,83,84)(H,85,86,87)(H,88,89,90)(H,91,92,93)(H,94,95,96)(H2,57,59,61,63,65)(H2,58,60,62,64,66);;;;;;/q;6*+1/p-6/b4-3+,69-67?,70-68?;;;;;;. The first-order valence-corrected chi connectivity index (χ1v) is 36.8. The van der Waals surface area contributed by atoms with E-state index in [0.29, 0.717) is 10.0 Å². The van der Waals surface area contributed by atoms with Crippen molar-refractivity contribution in [2.75, 3.05) is 24.2 Å². The number of carbonyl (C=O) groups excluding carboxylic acids is 4. The molecule has 2 aliphatic heterocycles. The predicted octanol–water partition coefficient (Wildman–Crippen LogP) is -16.3. The van der Waals surface area contributed by atoms with Crippen LogP contribution in [0.5, 0.6) is 0 Å². The summed E-state index contributed by atoms with van der Waals surface area (Å²) in [5.41, 5.74) is -6.67. The number of ether oxygens (including phenoxy) is 2. The van der Waals surface area contributed by atoms with Gasteiger partial charge in [-0.2, -0.15) is 50.6 Å². The van der Waals surface area contributed by atoms with Crippen molar-refractivity contribution in [1.29, 1.82) is 0 Å². The first kappa shape index (κ1) is 97.1. The van der Waals surface area contributed by atoms with Gasteiger partial charge in [-0.05, 0) is 144 Å². The summed E-state index contributed by atoms with van der Waals surface area (Å²) in [5, 5.41) is 23.1. The Hall–Kier alpha value is -5.26. The molecule has 8 aromatic rings. The Labute approximate surface area is 761 Å². The molecule has 10 rings (SSSR count). The number of hydrogen-bond donors (Lipinski definition) is 4. The molecule has 4 heterocycles. The molecule has 2 aliphatic rings. The molecule has 540 valence electrons. The third kappa shape index (κ3) is 24.2. The van der Waals surface area contributed by atoms with Crippen LogP contribution in [0.2, 0.25) is 10.6 Å². The molecule has 0 aliphatic carbocycles. The van der Waals surface area contributed by atoms with Crippen LogP contribution in [0.4, 0.5) is 45.5 Å². The number of hydrogen-bond acceptors (Lipinski definition) is 36. The van der Waals surface area contributed by atoms with Crippen LogP contribution in [0.3, 0.4) is 0 Å². The Morgan fingerprint density at radius 1 is 0.427 bits per heavy atom. The number of H-pyrrole nitrogens is 4. The maximum absolute atomic E-state index is 13.6. The minimum absolute atomic E-state index is 0. The molecule has 110 heavy (non-hydrogen) atoms. The Balaban J connectivity index is 0.00000426. The van der Waals surface area contributed by atoms with Crippen molar-refractivity contribution in [1.82, 2.24) is 29.9 Å². The molecule has 0 saturated carbocycles. The monoisotopic (exact) mass is 1720 g/mol. The maximum atomic E-state index is 13.6. The number of rotatable bonds is 20. The molecule has 0 fully saturated rings. The number of nitrogens with zero attached hydrogens (tertiary/aromatic N) is 14. The third-order valence-corrected chi connectivity index (χ3v) is 19.2.